The average molecular weight is 673 g/mol. The van der Waals surface area contributed by atoms with Crippen molar-refractivity contribution in [1.29, 1.82) is 0 Å². The Bertz CT molecular complexity index is 3010. The molecule has 53 heavy (non-hydrogen) atoms. The van der Waals surface area contributed by atoms with Crippen molar-refractivity contribution in [2.75, 3.05) is 0 Å². The second-order valence-corrected chi connectivity index (χ2v) is 13.9. The van der Waals surface area contributed by atoms with Gasteiger partial charge in [0.25, 0.3) is 0 Å². The number of hydrogen-bond donors (Lipinski definition) is 0. The Balaban J connectivity index is 1.14. The van der Waals surface area contributed by atoms with Gasteiger partial charge in [0.05, 0.1) is 0 Å². The first kappa shape index (κ1) is 29.7. The molecule has 0 atom stereocenters. The van der Waals surface area contributed by atoms with Crippen LogP contribution in [-0.4, -0.2) is 0 Å². The summed E-state index contributed by atoms with van der Waals surface area (Å²) in [6, 6.07) is 70.4. The van der Waals surface area contributed by atoms with Crippen molar-refractivity contribution in [3.63, 3.8) is 0 Å². The van der Waals surface area contributed by atoms with Crippen molar-refractivity contribution in [3.8, 4) is 67.1 Å². The van der Waals surface area contributed by atoms with Crippen molar-refractivity contribution in [3.05, 3.63) is 194 Å². The van der Waals surface area contributed by atoms with Crippen LogP contribution in [0.25, 0.3) is 98.7 Å². The van der Waals surface area contributed by atoms with E-state index in [1.54, 1.807) is 0 Å². The summed E-state index contributed by atoms with van der Waals surface area (Å²) in [6.45, 7) is 0. The first-order chi connectivity index (χ1) is 26.3. The van der Waals surface area contributed by atoms with Crippen LogP contribution >= 0.6 is 0 Å². The van der Waals surface area contributed by atoms with Crippen LogP contribution in [0.4, 0.5) is 0 Å². The highest BCUT2D eigenvalue weighted by Gasteiger charge is 2.24. The van der Waals surface area contributed by atoms with E-state index in [2.05, 4.69) is 194 Å². The average Bonchev–Trinajstić information content (AvgIpc) is 3.23. The maximum atomic E-state index is 6.62. The van der Waals surface area contributed by atoms with Crippen molar-refractivity contribution < 1.29 is 4.74 Å². The zero-order valence-electron chi connectivity index (χ0n) is 28.9. The Labute approximate surface area is 308 Å². The van der Waals surface area contributed by atoms with E-state index in [0.29, 0.717) is 0 Å². The molecule has 11 rings (SSSR count). The van der Waals surface area contributed by atoms with E-state index >= 15 is 0 Å². The summed E-state index contributed by atoms with van der Waals surface area (Å²) in [5, 5.41) is 9.86. The third-order valence-electron chi connectivity index (χ3n) is 11.1. The molecule has 0 aromatic heterocycles. The lowest BCUT2D eigenvalue weighted by Crippen LogP contribution is -1.98. The molecule has 246 valence electrons. The van der Waals surface area contributed by atoms with Crippen molar-refractivity contribution in [2.45, 2.75) is 0 Å². The Morgan fingerprint density at radius 2 is 0.736 bits per heavy atom. The summed E-state index contributed by atoms with van der Waals surface area (Å²) in [4.78, 5) is 0. The number of benzene rings is 10. The van der Waals surface area contributed by atoms with Gasteiger partial charge in [0.2, 0.25) is 0 Å². The summed E-state index contributed by atoms with van der Waals surface area (Å²) in [6.07, 6.45) is 0. The Hall–Kier alpha value is -6.96. The fourth-order valence-corrected chi connectivity index (χ4v) is 8.76. The molecule has 0 radical (unpaired) electrons. The van der Waals surface area contributed by atoms with E-state index in [-0.39, 0.29) is 0 Å². The van der Waals surface area contributed by atoms with Gasteiger partial charge in [0.15, 0.2) is 0 Å². The molecule has 1 heterocycles. The summed E-state index contributed by atoms with van der Waals surface area (Å²) in [5.41, 5.74) is 12.2. The minimum absolute atomic E-state index is 0.893. The molecule has 0 fully saturated rings. The van der Waals surface area contributed by atoms with Crippen LogP contribution in [0.5, 0.6) is 11.5 Å². The van der Waals surface area contributed by atoms with E-state index in [1.807, 2.05) is 0 Å². The molecule has 0 spiro atoms. The second-order valence-electron chi connectivity index (χ2n) is 13.9. The van der Waals surface area contributed by atoms with Crippen LogP contribution in [0.2, 0.25) is 0 Å². The number of rotatable bonds is 4. The molecule has 0 saturated carbocycles. The van der Waals surface area contributed by atoms with Crippen molar-refractivity contribution in [2.24, 2.45) is 0 Å². The van der Waals surface area contributed by atoms with Gasteiger partial charge in [-0.15, -0.1) is 0 Å². The Morgan fingerprint density at radius 3 is 1.42 bits per heavy atom. The van der Waals surface area contributed by atoms with E-state index in [0.717, 1.165) is 22.4 Å². The normalized spacial score (nSPS) is 11.9. The fourth-order valence-electron chi connectivity index (χ4n) is 8.76. The second kappa shape index (κ2) is 11.8. The molecule has 0 bridgehead atoms. The molecule has 10 aromatic carbocycles. The topological polar surface area (TPSA) is 9.23 Å². The van der Waals surface area contributed by atoms with Gasteiger partial charge in [0, 0.05) is 10.9 Å². The van der Waals surface area contributed by atoms with E-state index in [4.69, 9.17) is 4.74 Å². The molecule has 0 N–H and O–H groups in total. The quantitative estimate of drug-likeness (QED) is 0.169. The van der Waals surface area contributed by atoms with Gasteiger partial charge in [-0.25, -0.2) is 0 Å². The smallest absolute Gasteiger partial charge is 0.135 e. The van der Waals surface area contributed by atoms with Crippen LogP contribution in [0.3, 0.4) is 0 Å². The molecule has 10 aromatic rings. The maximum Gasteiger partial charge on any atom is 0.135 e. The predicted octanol–water partition coefficient (Wildman–Crippen LogP) is 14.7. The minimum Gasteiger partial charge on any atom is -0.456 e. The molecule has 0 aliphatic carbocycles. The molecule has 1 nitrogen and oxygen atoms in total. The zero-order chi connectivity index (χ0) is 34.9. The van der Waals surface area contributed by atoms with Gasteiger partial charge in [-0.2, -0.15) is 0 Å². The third kappa shape index (κ3) is 4.58. The molecule has 1 aliphatic heterocycles. The van der Waals surface area contributed by atoms with Crippen molar-refractivity contribution >= 4 is 43.1 Å². The molecular formula is C52H32O. The third-order valence-corrected chi connectivity index (χ3v) is 11.1. The largest absolute Gasteiger partial charge is 0.456 e. The van der Waals surface area contributed by atoms with Crippen molar-refractivity contribution in [1.82, 2.24) is 0 Å². The van der Waals surface area contributed by atoms with Gasteiger partial charge in [0.1, 0.15) is 11.5 Å². The van der Waals surface area contributed by atoms with E-state index < -0.39 is 0 Å². The minimum atomic E-state index is 0.893. The van der Waals surface area contributed by atoms with Crippen LogP contribution in [-0.2, 0) is 0 Å². The molecule has 1 aliphatic rings. The fraction of sp³-hybridized carbons (Fsp3) is 0. The lowest BCUT2D eigenvalue weighted by molar-refractivity contribution is 0.487. The van der Waals surface area contributed by atoms with Gasteiger partial charge in [-0.05, 0) is 106 Å². The highest BCUT2D eigenvalue weighted by molar-refractivity contribution is 6.24. The lowest BCUT2D eigenvalue weighted by atomic mass is 9.83. The molecule has 0 saturated heterocycles. The number of hydrogen-bond acceptors (Lipinski definition) is 1. The highest BCUT2D eigenvalue weighted by atomic mass is 16.5. The molecule has 1 heteroatoms. The van der Waals surface area contributed by atoms with Crippen LogP contribution in [0, 0.1) is 0 Å². The first-order valence-corrected chi connectivity index (χ1v) is 18.3. The number of ether oxygens (including phenoxy) is 1. The SMILES string of the molecule is c1ccc(-c2ccc3c(c2)-c2cccc4c(-c5ccc(-c6c7ccccc7c(-c7ccccc7)c7ccccc67)c6ccccc56)ccc(c24)O3)cc1. The first-order valence-electron chi connectivity index (χ1n) is 18.3. The van der Waals surface area contributed by atoms with Gasteiger partial charge in [-0.1, -0.05) is 176 Å². The Morgan fingerprint density at radius 1 is 0.245 bits per heavy atom. The van der Waals surface area contributed by atoms with E-state index in [1.165, 1.54) is 87.8 Å². The maximum absolute atomic E-state index is 6.62. The van der Waals surface area contributed by atoms with E-state index in [9.17, 15) is 0 Å². The lowest BCUT2D eigenvalue weighted by Gasteiger charge is -2.24. The van der Waals surface area contributed by atoms with Gasteiger partial charge < -0.3 is 4.74 Å². The van der Waals surface area contributed by atoms with Gasteiger partial charge >= 0.3 is 0 Å². The summed E-state index contributed by atoms with van der Waals surface area (Å²) < 4.78 is 6.62. The zero-order valence-corrected chi connectivity index (χ0v) is 28.9. The molecule has 0 unspecified atom stereocenters. The standard InChI is InChI=1S/C52H32O/c1-3-14-33(15-4-1)35-26-30-48-47(32-35)45-25-13-24-40-39(29-31-49(53-48)52(40)45)38-27-28-46(37-19-8-7-18-36(37)38)51-43-22-11-9-20-41(43)50(34-16-5-2-6-17-34)42-21-10-12-23-44(42)51/h1-32H. The summed E-state index contributed by atoms with van der Waals surface area (Å²) in [7, 11) is 0. The molecular weight excluding hydrogens is 641 g/mol. The predicted molar refractivity (Wildman–Crippen MR) is 224 cm³/mol. The van der Waals surface area contributed by atoms with Crippen LogP contribution in [0.15, 0.2) is 194 Å². The number of fused-ring (bicyclic) bond motifs is 5. The Kier molecular flexibility index (Phi) is 6.62. The summed E-state index contributed by atoms with van der Waals surface area (Å²) >= 11 is 0. The van der Waals surface area contributed by atoms with Crippen LogP contribution in [0.1, 0.15) is 0 Å². The van der Waals surface area contributed by atoms with Gasteiger partial charge in [-0.3, -0.25) is 0 Å². The molecule has 0 amide bonds. The van der Waals surface area contributed by atoms with Crippen LogP contribution < -0.4 is 4.74 Å². The highest BCUT2D eigenvalue weighted by Crippen LogP contribution is 2.51. The monoisotopic (exact) mass is 672 g/mol. The summed E-state index contributed by atoms with van der Waals surface area (Å²) in [5.74, 6) is 1.79.